The van der Waals surface area contributed by atoms with Crippen molar-refractivity contribution in [3.05, 3.63) is 65.3 Å². The van der Waals surface area contributed by atoms with Crippen molar-refractivity contribution in [1.82, 2.24) is 24.4 Å². The van der Waals surface area contributed by atoms with E-state index in [0.717, 1.165) is 35.0 Å². The predicted molar refractivity (Wildman–Crippen MR) is 140 cm³/mol. The Hall–Kier alpha value is -2.60. The van der Waals surface area contributed by atoms with Crippen LogP contribution in [0.4, 0.5) is 10.2 Å². The Morgan fingerprint density at radius 3 is 2.86 bits per heavy atom. The van der Waals surface area contributed by atoms with Crippen LogP contribution in [0.3, 0.4) is 0 Å². The number of hydrogen-bond acceptors (Lipinski definition) is 6. The summed E-state index contributed by atoms with van der Waals surface area (Å²) in [5, 5.41) is 8.31. The van der Waals surface area contributed by atoms with E-state index in [1.165, 1.54) is 16.4 Å². The first-order valence-corrected chi connectivity index (χ1v) is 13.8. The molecule has 0 amide bonds. The minimum atomic E-state index is -4.01. The average Bonchev–Trinajstić information content (AvgIpc) is 3.23. The van der Waals surface area contributed by atoms with Crippen molar-refractivity contribution in [2.45, 2.75) is 37.4 Å². The molecule has 188 valence electrons. The Morgan fingerprint density at radius 1 is 1.28 bits per heavy atom. The summed E-state index contributed by atoms with van der Waals surface area (Å²) >= 11 is 5.84. The highest BCUT2D eigenvalue weighted by Crippen LogP contribution is 2.35. The first-order valence-electron chi connectivity index (χ1n) is 12.0. The van der Waals surface area contributed by atoms with Crippen molar-refractivity contribution < 1.29 is 12.8 Å². The first kappa shape index (κ1) is 25.1. The van der Waals surface area contributed by atoms with Gasteiger partial charge in [0.25, 0.3) is 0 Å². The molecule has 1 aromatic carbocycles. The molecule has 0 radical (unpaired) electrons. The zero-order valence-electron chi connectivity index (χ0n) is 20.1. The lowest BCUT2D eigenvalue weighted by Crippen LogP contribution is -2.47. The van der Waals surface area contributed by atoms with E-state index in [2.05, 4.69) is 22.3 Å². The van der Waals surface area contributed by atoms with Gasteiger partial charge in [-0.05, 0) is 48.1 Å². The van der Waals surface area contributed by atoms with Crippen LogP contribution >= 0.6 is 11.6 Å². The molecule has 0 saturated carbocycles. The van der Waals surface area contributed by atoms with E-state index in [0.29, 0.717) is 19.5 Å². The molecule has 0 aliphatic carbocycles. The lowest BCUT2D eigenvalue weighted by Gasteiger charge is -2.38. The summed E-state index contributed by atoms with van der Waals surface area (Å²) in [6.07, 6.45) is 6.68. The summed E-state index contributed by atoms with van der Waals surface area (Å²) in [6, 6.07) is 7.58. The maximum atomic E-state index is 14.5. The van der Waals surface area contributed by atoms with Gasteiger partial charge in [0.05, 0.1) is 0 Å². The molecule has 1 N–H and O–H groups in total. The number of aliphatic imine (C=N–C) groups is 1. The quantitative estimate of drug-likeness (QED) is 0.496. The van der Waals surface area contributed by atoms with Crippen LogP contribution in [0.15, 0.2) is 58.8 Å². The van der Waals surface area contributed by atoms with Gasteiger partial charge in [0.2, 0.25) is 10.0 Å². The Kier molecular flexibility index (Phi) is 7.00. The monoisotopic (exact) mass is 528 g/mol. The Morgan fingerprint density at radius 2 is 2.11 bits per heavy atom. The molecular formula is C24H27BClFN6O2S. The van der Waals surface area contributed by atoms with E-state index in [1.807, 2.05) is 30.9 Å². The fourth-order valence-electron chi connectivity index (χ4n) is 5.06. The minimum Gasteiger partial charge on any atom is -0.291 e. The summed E-state index contributed by atoms with van der Waals surface area (Å²) in [7, 11) is -2.04. The lowest BCUT2D eigenvalue weighted by atomic mass is 9.84. The molecule has 0 bridgehead atoms. The number of halogens is 2. The zero-order chi connectivity index (χ0) is 25.4. The molecule has 5 rings (SSSR count). The van der Waals surface area contributed by atoms with Gasteiger partial charge >= 0.3 is 0 Å². The summed E-state index contributed by atoms with van der Waals surface area (Å²) < 4.78 is 44.5. The number of nitrogens with zero attached hydrogens (tertiary/aromatic N) is 5. The van der Waals surface area contributed by atoms with Crippen molar-refractivity contribution in [3.8, 4) is 0 Å². The van der Waals surface area contributed by atoms with E-state index < -0.39 is 15.8 Å². The molecule has 8 nitrogen and oxygen atoms in total. The van der Waals surface area contributed by atoms with E-state index in [1.54, 1.807) is 12.4 Å². The molecule has 2 aliphatic heterocycles. The number of fused-ring (bicyclic) bond motifs is 1. The molecular weight excluding hydrogens is 502 g/mol. The van der Waals surface area contributed by atoms with Crippen molar-refractivity contribution in [3.63, 3.8) is 0 Å². The highest BCUT2D eigenvalue weighted by Gasteiger charge is 2.39. The maximum Gasteiger partial charge on any atom is 0.246 e. The fraction of sp³-hybridized carbons (Fsp3) is 0.375. The number of hydrogen-bond donors (Lipinski definition) is 1. The van der Waals surface area contributed by atoms with Gasteiger partial charge in [0.15, 0.2) is 0 Å². The van der Waals surface area contributed by atoms with E-state index >= 15 is 0 Å². The molecule has 2 aliphatic rings. The van der Waals surface area contributed by atoms with E-state index in [-0.39, 0.29) is 34.5 Å². The van der Waals surface area contributed by atoms with Crippen molar-refractivity contribution in [1.29, 1.82) is 0 Å². The van der Waals surface area contributed by atoms with Crippen LogP contribution in [0, 0.1) is 17.7 Å². The largest absolute Gasteiger partial charge is 0.291 e. The third-order valence-corrected chi connectivity index (χ3v) is 9.07. The number of nitrogens with one attached hydrogen (secondary N) is 1. The molecule has 3 aromatic rings. The molecule has 0 spiro atoms. The standard InChI is InChI=1S/C24H27BClFN6O2S/c1-15-22(17-5-3-9-32(14-17)36(34,35)21-7-6-18(26)10-20(21)27)31-24-19(25)13-30-33(24)23(15)29-12-16-4-2-8-28-11-16/h2,4,6-8,10-11,13,15,17,23,29H,3,5,9,12,14,25H2,1H3. The van der Waals surface area contributed by atoms with Crippen molar-refractivity contribution in [2.75, 3.05) is 13.1 Å². The summed E-state index contributed by atoms with van der Waals surface area (Å²) in [4.78, 5) is 8.82. The van der Waals surface area contributed by atoms with Crippen LogP contribution in [-0.4, -0.2) is 54.1 Å². The van der Waals surface area contributed by atoms with Crippen molar-refractivity contribution >= 4 is 46.5 Å². The van der Waals surface area contributed by atoms with Crippen molar-refractivity contribution in [2.24, 2.45) is 16.8 Å². The number of rotatable bonds is 6. The van der Waals surface area contributed by atoms with Gasteiger partial charge in [-0.25, -0.2) is 22.5 Å². The van der Waals surface area contributed by atoms with E-state index in [9.17, 15) is 12.8 Å². The zero-order valence-corrected chi connectivity index (χ0v) is 21.7. The fourth-order valence-corrected chi connectivity index (χ4v) is 6.79. The van der Waals surface area contributed by atoms with Gasteiger partial charge < -0.3 is 0 Å². The molecule has 12 heteroatoms. The average molecular weight is 529 g/mol. The molecule has 36 heavy (non-hydrogen) atoms. The second-order valence-corrected chi connectivity index (χ2v) is 11.7. The second-order valence-electron chi connectivity index (χ2n) is 9.39. The molecule has 3 atom stereocenters. The number of pyridine rings is 1. The smallest absolute Gasteiger partial charge is 0.246 e. The van der Waals surface area contributed by atoms with Crippen LogP contribution < -0.4 is 10.8 Å². The number of piperidine rings is 1. The summed E-state index contributed by atoms with van der Waals surface area (Å²) in [5.74, 6) is -0.194. The highest BCUT2D eigenvalue weighted by atomic mass is 35.5. The number of benzene rings is 1. The lowest BCUT2D eigenvalue weighted by molar-refractivity contribution is 0.276. The Balaban J connectivity index is 1.42. The van der Waals surface area contributed by atoms with Gasteiger partial charge in [0, 0.05) is 60.8 Å². The van der Waals surface area contributed by atoms with Gasteiger partial charge in [-0.15, -0.1) is 0 Å². The van der Waals surface area contributed by atoms with Crippen LogP contribution in [-0.2, 0) is 16.6 Å². The minimum absolute atomic E-state index is 0.0339. The second kappa shape index (κ2) is 10.0. The number of sulfonamides is 1. The Labute approximate surface area is 216 Å². The van der Waals surface area contributed by atoms with Gasteiger partial charge in [0.1, 0.15) is 30.5 Å². The summed E-state index contributed by atoms with van der Waals surface area (Å²) in [5.41, 5.74) is 2.95. The first-order chi connectivity index (χ1) is 17.3. The van der Waals surface area contributed by atoms with Crippen LogP contribution in [0.1, 0.15) is 31.5 Å². The molecule has 3 unspecified atom stereocenters. The predicted octanol–water partition coefficient (Wildman–Crippen LogP) is 2.44. The van der Waals surface area contributed by atoms with Crippen LogP contribution in [0.5, 0.6) is 0 Å². The highest BCUT2D eigenvalue weighted by molar-refractivity contribution is 7.89. The molecule has 4 heterocycles. The molecule has 1 saturated heterocycles. The topological polar surface area (TPSA) is 92.5 Å². The normalized spacial score (nSPS) is 22.8. The Bertz CT molecular complexity index is 1400. The van der Waals surface area contributed by atoms with Crippen LogP contribution in [0.25, 0.3) is 0 Å². The molecule has 2 aromatic heterocycles. The number of aromatic nitrogens is 3. The van der Waals surface area contributed by atoms with Crippen LogP contribution in [0.2, 0.25) is 5.02 Å². The van der Waals surface area contributed by atoms with Gasteiger partial charge in [-0.3, -0.25) is 10.3 Å². The molecule has 1 fully saturated rings. The third-order valence-electron chi connectivity index (χ3n) is 6.94. The van der Waals surface area contributed by atoms with Gasteiger partial charge in [-0.1, -0.05) is 24.6 Å². The summed E-state index contributed by atoms with van der Waals surface area (Å²) in [6.45, 7) is 3.28. The van der Waals surface area contributed by atoms with E-state index in [4.69, 9.17) is 16.6 Å². The third kappa shape index (κ3) is 4.72. The van der Waals surface area contributed by atoms with Gasteiger partial charge in [-0.2, -0.15) is 9.40 Å². The SMILES string of the molecule is Bc1cnn2c1N=C(C1CCCN(S(=O)(=O)c3ccc(Cl)cc3F)C1)C(C)C2NCc1cccnc1. The maximum absolute atomic E-state index is 14.5.